The monoisotopic (exact) mass is 505 g/mol. The molecular weight excluding hydrogens is 458 g/mol. The maximum atomic E-state index is 12.4. The van der Waals surface area contributed by atoms with Gasteiger partial charge in [-0.15, -0.1) is 0 Å². The van der Waals surface area contributed by atoms with Crippen LogP contribution in [-0.2, 0) is 23.8 Å². The van der Waals surface area contributed by atoms with Gasteiger partial charge in [0.2, 0.25) is 11.8 Å². The van der Waals surface area contributed by atoms with E-state index in [0.29, 0.717) is 37.9 Å². The van der Waals surface area contributed by atoms with Gasteiger partial charge in [0.1, 0.15) is 0 Å². The van der Waals surface area contributed by atoms with Crippen molar-refractivity contribution < 1.29 is 23.8 Å². The smallest absolute Gasteiger partial charge is 0.222 e. The molecule has 0 aromatic carbocycles. The summed E-state index contributed by atoms with van der Waals surface area (Å²) in [4.78, 5) is 23.8. The fourth-order valence-electron chi connectivity index (χ4n) is 5.46. The number of ether oxygens (including phenoxy) is 3. The average Bonchev–Trinajstić information content (AvgIpc) is 3.46. The molecule has 3 aliphatic heterocycles. The molecule has 7 unspecified atom stereocenters. The van der Waals surface area contributed by atoms with Gasteiger partial charge in [0.05, 0.1) is 42.5 Å². The molecule has 1 spiro atoms. The Morgan fingerprint density at radius 3 is 2.39 bits per heavy atom. The van der Waals surface area contributed by atoms with Crippen molar-refractivity contribution in [2.24, 2.45) is 5.92 Å². The number of allylic oxidation sites excluding steroid dienone is 2. The summed E-state index contributed by atoms with van der Waals surface area (Å²) in [6.45, 7) is 11.3. The Labute approximate surface area is 217 Å². The van der Waals surface area contributed by atoms with E-state index >= 15 is 0 Å². The maximum absolute atomic E-state index is 12.4. The summed E-state index contributed by atoms with van der Waals surface area (Å²) in [5.74, 6) is 0.432. The van der Waals surface area contributed by atoms with Crippen LogP contribution in [0.5, 0.6) is 0 Å². The molecule has 0 aromatic heterocycles. The molecule has 3 rings (SSSR count). The molecule has 8 atom stereocenters. The molecule has 8 heteroatoms. The van der Waals surface area contributed by atoms with Gasteiger partial charge in [-0.1, -0.05) is 37.6 Å². The van der Waals surface area contributed by atoms with Crippen LogP contribution in [0.25, 0.3) is 0 Å². The number of nitrogens with one attached hydrogen (secondary N) is 3. The van der Waals surface area contributed by atoms with Crippen LogP contribution in [0.4, 0.5) is 0 Å². The average molecular weight is 506 g/mol. The molecule has 3 saturated heterocycles. The van der Waals surface area contributed by atoms with E-state index < -0.39 is 0 Å². The SMILES string of the molecule is CCC(=O)NCCNC(=O)C[C@@H]1CC2(CC(/C=C/C(C)=C/CC3OC(C)C(NC)CC3C)O1)OC2C. The van der Waals surface area contributed by atoms with Crippen molar-refractivity contribution in [3.63, 3.8) is 0 Å². The number of hydrogen-bond acceptors (Lipinski definition) is 6. The highest BCUT2D eigenvalue weighted by atomic mass is 16.6. The topological polar surface area (TPSA) is 101 Å². The number of likely N-dealkylation sites (N-methyl/N-ethyl adjacent to an activating group) is 1. The van der Waals surface area contributed by atoms with E-state index in [1.54, 1.807) is 6.92 Å². The normalized spacial score (nSPS) is 36.7. The summed E-state index contributed by atoms with van der Waals surface area (Å²) in [7, 11) is 2.00. The Hall–Kier alpha value is -1.74. The number of hydrogen-bond donors (Lipinski definition) is 3. The van der Waals surface area contributed by atoms with Crippen LogP contribution < -0.4 is 16.0 Å². The van der Waals surface area contributed by atoms with Crippen molar-refractivity contribution in [3.8, 4) is 0 Å². The molecule has 2 amide bonds. The zero-order valence-corrected chi connectivity index (χ0v) is 23.0. The third-order valence-corrected chi connectivity index (χ3v) is 7.92. The van der Waals surface area contributed by atoms with Crippen molar-refractivity contribution in [3.05, 3.63) is 23.8 Å². The molecule has 8 nitrogen and oxygen atoms in total. The standard InChI is InChI=1S/C28H47N3O5/c1-7-26(32)30-12-13-31-27(33)15-23-17-28(21(5)36-28)16-22(35-23)10-8-18(2)9-11-25-19(3)14-24(29-6)20(4)34-25/h8-10,19-25,29H,7,11-17H2,1-6H3,(H,30,32)(H,31,33)/b10-8+,18-9+/t19?,20?,21?,22?,23-,24?,25?,28?/m1/s1. The number of carbonyl (C=O) groups excluding carboxylic acids is 2. The summed E-state index contributed by atoms with van der Waals surface area (Å²) < 4.78 is 18.5. The third kappa shape index (κ3) is 8.13. The lowest BCUT2D eigenvalue weighted by Crippen LogP contribution is -2.47. The van der Waals surface area contributed by atoms with Gasteiger partial charge in [-0.3, -0.25) is 9.59 Å². The fourth-order valence-corrected chi connectivity index (χ4v) is 5.46. The van der Waals surface area contributed by atoms with Gasteiger partial charge in [0.25, 0.3) is 0 Å². The summed E-state index contributed by atoms with van der Waals surface area (Å²) in [5.41, 5.74) is 1.00. The number of carbonyl (C=O) groups is 2. The minimum absolute atomic E-state index is 0.0154. The van der Waals surface area contributed by atoms with E-state index in [-0.39, 0.29) is 47.9 Å². The summed E-state index contributed by atoms with van der Waals surface area (Å²) in [5, 5.41) is 9.00. The molecule has 0 aromatic rings. The lowest BCUT2D eigenvalue weighted by molar-refractivity contribution is -0.128. The Morgan fingerprint density at radius 1 is 1.06 bits per heavy atom. The lowest BCUT2D eigenvalue weighted by atomic mass is 9.87. The van der Waals surface area contributed by atoms with Gasteiger partial charge < -0.3 is 30.2 Å². The van der Waals surface area contributed by atoms with Gasteiger partial charge in [-0.25, -0.2) is 0 Å². The Morgan fingerprint density at radius 2 is 1.75 bits per heavy atom. The fraction of sp³-hybridized carbons (Fsp3) is 0.786. The second kappa shape index (κ2) is 13.2. The van der Waals surface area contributed by atoms with Crippen LogP contribution in [0, 0.1) is 5.92 Å². The largest absolute Gasteiger partial charge is 0.373 e. The Kier molecular flexibility index (Phi) is 10.5. The summed E-state index contributed by atoms with van der Waals surface area (Å²) in [6.07, 6.45) is 11.2. The molecule has 0 radical (unpaired) electrons. The van der Waals surface area contributed by atoms with Crippen LogP contribution in [-0.4, -0.2) is 74.1 Å². The predicted molar refractivity (Wildman–Crippen MR) is 141 cm³/mol. The molecule has 3 fully saturated rings. The van der Waals surface area contributed by atoms with E-state index in [4.69, 9.17) is 14.2 Å². The van der Waals surface area contributed by atoms with Crippen molar-refractivity contribution in [1.29, 1.82) is 0 Å². The minimum Gasteiger partial charge on any atom is -0.373 e. The molecule has 36 heavy (non-hydrogen) atoms. The van der Waals surface area contributed by atoms with Crippen molar-refractivity contribution in [1.82, 2.24) is 16.0 Å². The summed E-state index contributed by atoms with van der Waals surface area (Å²) in [6, 6.07) is 0.418. The van der Waals surface area contributed by atoms with E-state index in [9.17, 15) is 9.59 Å². The quantitative estimate of drug-likeness (QED) is 0.227. The van der Waals surface area contributed by atoms with E-state index in [2.05, 4.69) is 61.9 Å². The van der Waals surface area contributed by atoms with Gasteiger partial charge in [0.15, 0.2) is 0 Å². The minimum atomic E-state index is -0.189. The second-order valence-electron chi connectivity index (χ2n) is 10.8. The van der Waals surface area contributed by atoms with Crippen LogP contribution >= 0.6 is 0 Å². The zero-order valence-electron chi connectivity index (χ0n) is 23.0. The first-order valence-electron chi connectivity index (χ1n) is 13.7. The number of epoxide rings is 1. The van der Waals surface area contributed by atoms with Crippen LogP contribution in [0.1, 0.15) is 73.1 Å². The first-order valence-corrected chi connectivity index (χ1v) is 13.7. The Balaban J connectivity index is 1.49. The van der Waals surface area contributed by atoms with Crippen LogP contribution in [0.15, 0.2) is 23.8 Å². The molecule has 204 valence electrons. The molecule has 3 N–H and O–H groups in total. The van der Waals surface area contributed by atoms with Crippen molar-refractivity contribution >= 4 is 11.8 Å². The highest BCUT2D eigenvalue weighted by Gasteiger charge is 2.57. The van der Waals surface area contributed by atoms with Crippen molar-refractivity contribution in [2.45, 2.75) is 115 Å². The summed E-state index contributed by atoms with van der Waals surface area (Å²) >= 11 is 0. The molecule has 0 aliphatic carbocycles. The zero-order chi connectivity index (χ0) is 26.3. The van der Waals surface area contributed by atoms with Crippen molar-refractivity contribution in [2.75, 3.05) is 20.1 Å². The number of amides is 2. The Bertz CT molecular complexity index is 815. The third-order valence-electron chi connectivity index (χ3n) is 7.92. The van der Waals surface area contributed by atoms with Gasteiger partial charge >= 0.3 is 0 Å². The van der Waals surface area contributed by atoms with Crippen LogP contribution in [0.3, 0.4) is 0 Å². The van der Waals surface area contributed by atoms with E-state index in [0.717, 1.165) is 25.7 Å². The molecule has 3 heterocycles. The van der Waals surface area contributed by atoms with Gasteiger partial charge in [-0.05, 0) is 46.6 Å². The van der Waals surface area contributed by atoms with E-state index in [1.165, 1.54) is 5.57 Å². The lowest BCUT2D eigenvalue weighted by Gasteiger charge is -2.38. The van der Waals surface area contributed by atoms with E-state index in [1.807, 2.05) is 7.05 Å². The van der Waals surface area contributed by atoms with Gasteiger partial charge in [-0.2, -0.15) is 0 Å². The maximum Gasteiger partial charge on any atom is 0.222 e. The highest BCUT2D eigenvalue weighted by molar-refractivity contribution is 5.77. The predicted octanol–water partition coefficient (Wildman–Crippen LogP) is 3.02. The first kappa shape index (κ1) is 28.8. The van der Waals surface area contributed by atoms with Gasteiger partial charge in [0, 0.05) is 38.4 Å². The molecule has 3 aliphatic rings. The first-order chi connectivity index (χ1) is 17.2. The van der Waals surface area contributed by atoms with Crippen LogP contribution in [0.2, 0.25) is 0 Å². The molecular formula is C28H47N3O5. The number of rotatable bonds is 11. The highest BCUT2D eigenvalue weighted by Crippen LogP contribution is 2.48. The second-order valence-corrected chi connectivity index (χ2v) is 10.8. The molecule has 0 bridgehead atoms. The molecule has 0 saturated carbocycles.